The second-order valence-corrected chi connectivity index (χ2v) is 9.85. The average Bonchev–Trinajstić information content (AvgIpc) is 3.47. The molecule has 1 spiro atoms. The van der Waals surface area contributed by atoms with Gasteiger partial charge in [-0.2, -0.15) is 13.2 Å². The van der Waals surface area contributed by atoms with Crippen molar-refractivity contribution in [1.29, 1.82) is 0 Å². The lowest BCUT2D eigenvalue weighted by molar-refractivity contribution is -0.171. The summed E-state index contributed by atoms with van der Waals surface area (Å²) in [4.78, 5) is 26.6. The van der Waals surface area contributed by atoms with Gasteiger partial charge in [0.25, 0.3) is 0 Å². The Kier molecular flexibility index (Phi) is 6.09. The summed E-state index contributed by atoms with van der Waals surface area (Å²) in [6.45, 7) is 1.35. The highest BCUT2D eigenvalue weighted by atomic mass is 35.5. The molecule has 1 aliphatic heterocycles. The van der Waals surface area contributed by atoms with Crippen LogP contribution in [0.5, 0.6) is 5.75 Å². The van der Waals surface area contributed by atoms with E-state index in [9.17, 15) is 22.8 Å². The number of rotatable bonds is 6. The number of alkyl halides is 3. The molecule has 2 N–H and O–H groups in total. The standard InChI is InChI=1S/C22H27ClF3N3O3/c1-32-17-9-15(23)8-16(10-17)27-19(31)14-2-4-20(5-3-14)12-29(13-20)11-18(30)28-21(6-7-21)22(24,25)26/h8-10,14H,2-7,11-13H2,1H3,(H,27,31)(H,28,30). The van der Waals surface area contributed by atoms with E-state index in [0.29, 0.717) is 29.5 Å². The third-order valence-electron chi connectivity index (χ3n) is 6.95. The first-order valence-corrected chi connectivity index (χ1v) is 11.2. The van der Waals surface area contributed by atoms with Crippen LogP contribution in [-0.2, 0) is 9.59 Å². The van der Waals surface area contributed by atoms with Gasteiger partial charge >= 0.3 is 6.18 Å². The summed E-state index contributed by atoms with van der Waals surface area (Å²) in [5, 5.41) is 5.56. The molecule has 0 bridgehead atoms. The van der Waals surface area contributed by atoms with Crippen LogP contribution in [0.3, 0.4) is 0 Å². The fourth-order valence-electron chi connectivity index (χ4n) is 4.93. The molecule has 6 nitrogen and oxygen atoms in total. The highest BCUT2D eigenvalue weighted by Crippen LogP contribution is 2.49. The molecule has 32 heavy (non-hydrogen) atoms. The summed E-state index contributed by atoms with van der Waals surface area (Å²) in [7, 11) is 1.53. The Bertz CT molecular complexity index is 888. The predicted octanol–water partition coefficient (Wildman–Crippen LogP) is 3.99. The first-order valence-electron chi connectivity index (χ1n) is 10.8. The smallest absolute Gasteiger partial charge is 0.411 e. The van der Waals surface area contributed by atoms with E-state index >= 15 is 0 Å². The van der Waals surface area contributed by atoms with Crippen molar-refractivity contribution in [3.05, 3.63) is 23.2 Å². The Balaban J connectivity index is 1.21. The maximum atomic E-state index is 13.0. The quantitative estimate of drug-likeness (QED) is 0.655. The van der Waals surface area contributed by atoms with Gasteiger partial charge in [0.05, 0.1) is 13.7 Å². The molecule has 1 aromatic rings. The second-order valence-electron chi connectivity index (χ2n) is 9.42. The first-order chi connectivity index (χ1) is 15.0. The van der Waals surface area contributed by atoms with Gasteiger partial charge in [0.2, 0.25) is 11.8 Å². The molecule has 176 valence electrons. The number of carbonyl (C=O) groups is 2. The van der Waals surface area contributed by atoms with Crippen molar-refractivity contribution < 1.29 is 27.5 Å². The Morgan fingerprint density at radius 1 is 1.16 bits per heavy atom. The Labute approximate surface area is 189 Å². The van der Waals surface area contributed by atoms with Crippen LogP contribution < -0.4 is 15.4 Å². The van der Waals surface area contributed by atoms with Crippen LogP contribution in [0.2, 0.25) is 5.02 Å². The molecule has 0 radical (unpaired) electrons. The van der Waals surface area contributed by atoms with E-state index < -0.39 is 17.6 Å². The van der Waals surface area contributed by atoms with Crippen molar-refractivity contribution >= 4 is 29.1 Å². The minimum absolute atomic E-state index is 0.0138. The average molecular weight is 474 g/mol. The van der Waals surface area contributed by atoms with Crippen LogP contribution in [0, 0.1) is 11.3 Å². The molecule has 0 aromatic heterocycles. The number of hydrogen-bond donors (Lipinski definition) is 2. The van der Waals surface area contributed by atoms with Gasteiger partial charge in [0.1, 0.15) is 11.3 Å². The Morgan fingerprint density at radius 3 is 2.38 bits per heavy atom. The molecular formula is C22H27ClF3N3O3. The lowest BCUT2D eigenvalue weighted by Crippen LogP contribution is -2.61. The summed E-state index contributed by atoms with van der Waals surface area (Å²) in [6.07, 6.45) is -1.30. The van der Waals surface area contributed by atoms with Crippen molar-refractivity contribution in [3.63, 3.8) is 0 Å². The zero-order valence-corrected chi connectivity index (χ0v) is 18.6. The van der Waals surface area contributed by atoms with Crippen molar-refractivity contribution in [2.24, 2.45) is 11.3 Å². The minimum atomic E-state index is -4.39. The van der Waals surface area contributed by atoms with Crippen molar-refractivity contribution in [1.82, 2.24) is 10.2 Å². The van der Waals surface area contributed by atoms with Crippen LogP contribution in [-0.4, -0.2) is 55.2 Å². The molecule has 2 saturated carbocycles. The number of carbonyl (C=O) groups excluding carboxylic acids is 2. The highest BCUT2D eigenvalue weighted by molar-refractivity contribution is 6.31. The number of halogens is 4. The van der Waals surface area contributed by atoms with Gasteiger partial charge in [-0.05, 0) is 56.1 Å². The van der Waals surface area contributed by atoms with Gasteiger partial charge in [-0.1, -0.05) is 11.6 Å². The summed E-state index contributed by atoms with van der Waals surface area (Å²) in [5.41, 5.74) is -1.37. The second kappa shape index (κ2) is 8.41. The number of hydrogen-bond acceptors (Lipinski definition) is 4. The zero-order chi connectivity index (χ0) is 23.1. The molecule has 2 amide bonds. The molecule has 1 heterocycles. The lowest BCUT2D eigenvalue weighted by Gasteiger charge is -2.53. The third kappa shape index (κ3) is 4.83. The van der Waals surface area contributed by atoms with Crippen LogP contribution in [0.15, 0.2) is 18.2 Å². The fourth-order valence-corrected chi connectivity index (χ4v) is 5.16. The Morgan fingerprint density at radius 2 is 1.81 bits per heavy atom. The van der Waals surface area contributed by atoms with E-state index in [0.717, 1.165) is 25.7 Å². The first kappa shape index (κ1) is 23.2. The minimum Gasteiger partial charge on any atom is -0.497 e. The molecular weight excluding hydrogens is 447 g/mol. The van der Waals surface area contributed by atoms with Crippen LogP contribution in [0.25, 0.3) is 0 Å². The van der Waals surface area contributed by atoms with Crippen LogP contribution in [0.4, 0.5) is 18.9 Å². The topological polar surface area (TPSA) is 70.7 Å². The van der Waals surface area contributed by atoms with Crippen molar-refractivity contribution in [2.75, 3.05) is 32.1 Å². The number of methoxy groups -OCH3 is 1. The van der Waals surface area contributed by atoms with E-state index in [1.165, 1.54) is 7.11 Å². The van der Waals surface area contributed by atoms with Gasteiger partial charge in [-0.3, -0.25) is 14.5 Å². The van der Waals surface area contributed by atoms with Gasteiger partial charge < -0.3 is 15.4 Å². The van der Waals surface area contributed by atoms with Crippen LogP contribution in [0.1, 0.15) is 38.5 Å². The van der Waals surface area contributed by atoms with Crippen molar-refractivity contribution in [3.8, 4) is 5.75 Å². The molecule has 10 heteroatoms. The van der Waals surface area contributed by atoms with E-state index in [-0.39, 0.29) is 36.6 Å². The molecule has 1 aromatic carbocycles. The monoisotopic (exact) mass is 473 g/mol. The number of ether oxygens (including phenoxy) is 1. The molecule has 1 saturated heterocycles. The number of nitrogens with one attached hydrogen (secondary N) is 2. The molecule has 0 atom stereocenters. The SMILES string of the molecule is COc1cc(Cl)cc(NC(=O)C2CCC3(CC2)CN(CC(=O)NC2(C(F)(F)F)CC2)C3)c1. The van der Waals surface area contributed by atoms with E-state index in [1.807, 2.05) is 4.90 Å². The Hall–Kier alpha value is -2.00. The molecule has 3 fully saturated rings. The number of benzene rings is 1. The number of nitrogens with zero attached hydrogens (tertiary/aromatic N) is 1. The van der Waals surface area contributed by atoms with Crippen molar-refractivity contribution in [2.45, 2.75) is 50.2 Å². The highest BCUT2D eigenvalue weighted by Gasteiger charge is 2.64. The van der Waals surface area contributed by atoms with Crippen LogP contribution >= 0.6 is 11.6 Å². The summed E-state index contributed by atoms with van der Waals surface area (Å²) < 4.78 is 44.2. The maximum absolute atomic E-state index is 13.0. The van der Waals surface area contributed by atoms with E-state index in [1.54, 1.807) is 18.2 Å². The summed E-state index contributed by atoms with van der Waals surface area (Å²) in [5.74, 6) is -0.164. The maximum Gasteiger partial charge on any atom is 0.411 e. The number of anilines is 1. The zero-order valence-electron chi connectivity index (χ0n) is 17.9. The van der Waals surface area contributed by atoms with Gasteiger partial charge in [-0.15, -0.1) is 0 Å². The van der Waals surface area contributed by atoms with Gasteiger partial charge in [0.15, 0.2) is 0 Å². The normalized spacial score (nSPS) is 22.2. The number of amides is 2. The predicted molar refractivity (Wildman–Crippen MR) is 114 cm³/mol. The van der Waals surface area contributed by atoms with E-state index in [2.05, 4.69) is 10.6 Å². The molecule has 4 rings (SSSR count). The lowest BCUT2D eigenvalue weighted by atomic mass is 9.65. The fraction of sp³-hybridized carbons (Fsp3) is 0.636. The summed E-state index contributed by atoms with van der Waals surface area (Å²) in [6, 6.07) is 5.05. The molecule has 0 unspecified atom stereocenters. The van der Waals surface area contributed by atoms with Gasteiger partial charge in [0, 0.05) is 35.8 Å². The molecule has 2 aliphatic carbocycles. The number of likely N-dealkylation sites (tertiary alicyclic amines) is 1. The summed E-state index contributed by atoms with van der Waals surface area (Å²) >= 11 is 6.05. The van der Waals surface area contributed by atoms with Gasteiger partial charge in [-0.25, -0.2) is 0 Å². The largest absolute Gasteiger partial charge is 0.497 e. The molecule has 3 aliphatic rings. The third-order valence-corrected chi connectivity index (χ3v) is 7.17. The van der Waals surface area contributed by atoms with E-state index in [4.69, 9.17) is 16.3 Å².